The Morgan fingerprint density at radius 3 is 2.81 bits per heavy atom. The lowest BCUT2D eigenvalue weighted by atomic mass is 9.98. The molecular formula is C16H23FN2O2. The first-order valence-electron chi connectivity index (χ1n) is 7.37. The van der Waals surface area contributed by atoms with Gasteiger partial charge in [-0.1, -0.05) is 6.07 Å². The zero-order chi connectivity index (χ0) is 15.5. The summed E-state index contributed by atoms with van der Waals surface area (Å²) in [7, 11) is 1.44. The molecule has 0 saturated carbocycles. The van der Waals surface area contributed by atoms with Crippen molar-refractivity contribution in [3.05, 3.63) is 29.6 Å². The largest absolute Gasteiger partial charge is 0.494 e. The van der Waals surface area contributed by atoms with Gasteiger partial charge in [-0.25, -0.2) is 4.39 Å². The lowest BCUT2D eigenvalue weighted by Gasteiger charge is -2.31. The van der Waals surface area contributed by atoms with Gasteiger partial charge in [-0.15, -0.1) is 0 Å². The molecule has 1 heterocycles. The molecule has 1 unspecified atom stereocenters. The van der Waals surface area contributed by atoms with E-state index in [0.717, 1.165) is 24.9 Å². The molecule has 0 aromatic heterocycles. The van der Waals surface area contributed by atoms with Crippen LogP contribution in [0.25, 0.3) is 0 Å². The van der Waals surface area contributed by atoms with Crippen molar-refractivity contribution in [1.29, 1.82) is 0 Å². The number of rotatable bonds is 5. The van der Waals surface area contributed by atoms with E-state index < -0.39 is 11.4 Å². The van der Waals surface area contributed by atoms with Gasteiger partial charge in [0.15, 0.2) is 11.6 Å². The van der Waals surface area contributed by atoms with Gasteiger partial charge >= 0.3 is 0 Å². The summed E-state index contributed by atoms with van der Waals surface area (Å²) in [6.45, 7) is 5.77. The highest BCUT2D eigenvalue weighted by Crippen LogP contribution is 2.23. The van der Waals surface area contributed by atoms with Crippen molar-refractivity contribution >= 4 is 5.91 Å². The molecule has 0 bridgehead atoms. The van der Waals surface area contributed by atoms with Gasteiger partial charge < -0.3 is 15.0 Å². The van der Waals surface area contributed by atoms with Crippen molar-refractivity contribution in [3.63, 3.8) is 0 Å². The van der Waals surface area contributed by atoms with Crippen LogP contribution < -0.4 is 10.1 Å². The van der Waals surface area contributed by atoms with E-state index in [9.17, 15) is 9.18 Å². The minimum absolute atomic E-state index is 0.0822. The molecule has 2 rings (SSSR count). The standard InChI is InChI=1S/C16H23FN2O2/c1-4-19(15(20)16(2)8-5-9-18-16)11-12-6-7-14(21-3)13(17)10-12/h6-7,10,18H,4-5,8-9,11H2,1-3H3. The van der Waals surface area contributed by atoms with E-state index in [4.69, 9.17) is 4.74 Å². The minimum Gasteiger partial charge on any atom is -0.494 e. The van der Waals surface area contributed by atoms with Gasteiger partial charge in [0.1, 0.15) is 0 Å². The van der Waals surface area contributed by atoms with Crippen LogP contribution in [-0.2, 0) is 11.3 Å². The number of nitrogens with one attached hydrogen (secondary N) is 1. The summed E-state index contributed by atoms with van der Waals surface area (Å²) in [6.07, 6.45) is 1.86. The second kappa shape index (κ2) is 6.43. The van der Waals surface area contributed by atoms with E-state index in [-0.39, 0.29) is 11.7 Å². The number of amides is 1. The maximum Gasteiger partial charge on any atom is 0.242 e. The Bertz CT molecular complexity index is 513. The van der Waals surface area contributed by atoms with E-state index in [0.29, 0.717) is 13.1 Å². The van der Waals surface area contributed by atoms with E-state index >= 15 is 0 Å². The van der Waals surface area contributed by atoms with Gasteiger partial charge in [0.05, 0.1) is 12.6 Å². The second-order valence-corrected chi connectivity index (χ2v) is 5.65. The molecule has 116 valence electrons. The van der Waals surface area contributed by atoms with Crippen LogP contribution in [0, 0.1) is 5.82 Å². The lowest BCUT2D eigenvalue weighted by molar-refractivity contribution is -0.137. The second-order valence-electron chi connectivity index (χ2n) is 5.65. The average molecular weight is 294 g/mol. The summed E-state index contributed by atoms with van der Waals surface area (Å²) >= 11 is 0. The van der Waals surface area contributed by atoms with Gasteiger partial charge in [0.2, 0.25) is 5.91 Å². The molecule has 1 saturated heterocycles. The molecule has 5 heteroatoms. The Balaban J connectivity index is 2.11. The SMILES string of the molecule is CCN(Cc1ccc(OC)c(F)c1)C(=O)C1(C)CCCN1. The molecule has 4 nitrogen and oxygen atoms in total. The fourth-order valence-electron chi connectivity index (χ4n) is 2.78. The summed E-state index contributed by atoms with van der Waals surface area (Å²) in [5, 5.41) is 3.28. The van der Waals surface area contributed by atoms with Crippen LogP contribution in [0.5, 0.6) is 5.75 Å². The van der Waals surface area contributed by atoms with Gasteiger partial charge in [0.25, 0.3) is 0 Å². The third kappa shape index (κ3) is 3.35. The molecule has 0 spiro atoms. The normalized spacial score (nSPS) is 21.3. The molecule has 0 radical (unpaired) electrons. The molecule has 1 atom stereocenters. The number of likely N-dealkylation sites (N-methyl/N-ethyl adjacent to an activating group) is 1. The molecule has 1 N–H and O–H groups in total. The number of carbonyl (C=O) groups is 1. The van der Waals surface area contributed by atoms with Crippen molar-refractivity contribution < 1.29 is 13.9 Å². The summed E-state index contributed by atoms with van der Waals surface area (Å²) < 4.78 is 18.7. The Morgan fingerprint density at radius 2 is 2.29 bits per heavy atom. The number of hydrogen-bond acceptors (Lipinski definition) is 3. The number of benzene rings is 1. The Labute approximate surface area is 125 Å². The number of hydrogen-bond donors (Lipinski definition) is 1. The van der Waals surface area contributed by atoms with Crippen LogP contribution in [0.4, 0.5) is 4.39 Å². The number of methoxy groups -OCH3 is 1. The monoisotopic (exact) mass is 294 g/mol. The van der Waals surface area contributed by atoms with Gasteiger partial charge in [-0.3, -0.25) is 4.79 Å². The van der Waals surface area contributed by atoms with Crippen molar-refractivity contribution in [2.45, 2.75) is 38.8 Å². The number of carbonyl (C=O) groups excluding carboxylic acids is 1. The van der Waals surface area contributed by atoms with Crippen LogP contribution in [-0.4, -0.2) is 36.5 Å². The first-order chi connectivity index (χ1) is 10.00. The van der Waals surface area contributed by atoms with Crippen LogP contribution in [0.15, 0.2) is 18.2 Å². The third-order valence-electron chi connectivity index (χ3n) is 4.10. The molecule has 0 aliphatic carbocycles. The lowest BCUT2D eigenvalue weighted by Crippen LogP contribution is -2.52. The molecule has 1 aromatic rings. The number of nitrogens with zero attached hydrogens (tertiary/aromatic N) is 1. The highest BCUT2D eigenvalue weighted by atomic mass is 19.1. The fraction of sp³-hybridized carbons (Fsp3) is 0.562. The van der Waals surface area contributed by atoms with Gasteiger partial charge in [-0.2, -0.15) is 0 Å². The van der Waals surface area contributed by atoms with Crippen LogP contribution in [0.2, 0.25) is 0 Å². The predicted molar refractivity (Wildman–Crippen MR) is 79.7 cm³/mol. The predicted octanol–water partition coefficient (Wildman–Crippen LogP) is 2.32. The zero-order valence-electron chi connectivity index (χ0n) is 12.9. The Kier molecular flexibility index (Phi) is 4.83. The van der Waals surface area contributed by atoms with Crippen molar-refractivity contribution in [1.82, 2.24) is 10.2 Å². The topological polar surface area (TPSA) is 41.6 Å². The smallest absolute Gasteiger partial charge is 0.242 e. The quantitative estimate of drug-likeness (QED) is 0.906. The highest BCUT2D eigenvalue weighted by molar-refractivity contribution is 5.86. The molecule has 1 aromatic carbocycles. The van der Waals surface area contributed by atoms with Crippen LogP contribution in [0.1, 0.15) is 32.3 Å². The maximum atomic E-state index is 13.7. The zero-order valence-corrected chi connectivity index (χ0v) is 12.9. The van der Waals surface area contributed by atoms with Gasteiger partial charge in [0, 0.05) is 13.1 Å². The fourth-order valence-corrected chi connectivity index (χ4v) is 2.78. The van der Waals surface area contributed by atoms with Crippen LogP contribution in [0.3, 0.4) is 0 Å². The Hall–Kier alpha value is -1.62. The first kappa shape index (κ1) is 15.8. The number of halogens is 1. The maximum absolute atomic E-state index is 13.7. The summed E-state index contributed by atoms with van der Waals surface area (Å²) in [4.78, 5) is 14.4. The third-order valence-corrected chi connectivity index (χ3v) is 4.10. The van der Waals surface area contributed by atoms with E-state index in [1.165, 1.54) is 13.2 Å². The first-order valence-corrected chi connectivity index (χ1v) is 7.37. The van der Waals surface area contributed by atoms with Crippen molar-refractivity contribution in [3.8, 4) is 5.75 Å². The van der Waals surface area contributed by atoms with Gasteiger partial charge in [-0.05, 0) is 50.9 Å². The van der Waals surface area contributed by atoms with E-state index in [1.54, 1.807) is 17.0 Å². The molecule has 1 aliphatic heterocycles. The summed E-state index contributed by atoms with van der Waals surface area (Å²) in [6, 6.07) is 4.82. The van der Waals surface area contributed by atoms with E-state index in [2.05, 4.69) is 5.32 Å². The molecule has 1 amide bonds. The molecule has 21 heavy (non-hydrogen) atoms. The molecular weight excluding hydrogens is 271 g/mol. The molecule has 1 fully saturated rings. The average Bonchev–Trinajstić information content (AvgIpc) is 2.92. The highest BCUT2D eigenvalue weighted by Gasteiger charge is 2.38. The molecule has 1 aliphatic rings. The number of ether oxygens (including phenoxy) is 1. The van der Waals surface area contributed by atoms with Crippen molar-refractivity contribution in [2.24, 2.45) is 0 Å². The summed E-state index contributed by atoms with van der Waals surface area (Å²) in [5.74, 6) is -0.0972. The van der Waals surface area contributed by atoms with E-state index in [1.807, 2.05) is 13.8 Å². The Morgan fingerprint density at radius 1 is 1.52 bits per heavy atom. The summed E-state index contributed by atoms with van der Waals surface area (Å²) in [5.41, 5.74) is 0.284. The van der Waals surface area contributed by atoms with Crippen molar-refractivity contribution in [2.75, 3.05) is 20.2 Å². The van der Waals surface area contributed by atoms with Crippen LogP contribution >= 0.6 is 0 Å². The minimum atomic E-state index is -0.485.